The highest BCUT2D eigenvalue weighted by atomic mass is 79.9. The molecule has 0 spiro atoms. The van der Waals surface area contributed by atoms with Crippen molar-refractivity contribution in [1.29, 1.82) is 0 Å². The molecule has 0 unspecified atom stereocenters. The van der Waals surface area contributed by atoms with Gasteiger partial charge in [0.25, 0.3) is 0 Å². The molecule has 0 atom stereocenters. The monoisotopic (exact) mass is 305 g/mol. The quantitative estimate of drug-likeness (QED) is 0.752. The van der Waals surface area contributed by atoms with E-state index in [9.17, 15) is 21.6 Å². The van der Waals surface area contributed by atoms with E-state index in [-0.39, 0.29) is 8.79 Å². The van der Waals surface area contributed by atoms with Crippen molar-refractivity contribution in [3.63, 3.8) is 0 Å². The molecule has 0 aliphatic carbocycles. The zero-order valence-corrected chi connectivity index (χ0v) is 9.95. The minimum Gasteiger partial charge on any atom is -0.237 e. The van der Waals surface area contributed by atoms with Crippen LogP contribution in [0.1, 0.15) is 6.92 Å². The van der Waals surface area contributed by atoms with Gasteiger partial charge in [-0.15, -0.1) is 5.73 Å². The maximum Gasteiger partial charge on any atom is 0.517 e. The number of alkyl halides is 3. The molecule has 3 nitrogen and oxygen atoms in total. The van der Waals surface area contributed by atoms with Gasteiger partial charge >= 0.3 is 15.5 Å². The van der Waals surface area contributed by atoms with Crippen LogP contribution >= 0.6 is 15.9 Å². The molecule has 0 rings (SSSR count). The highest BCUT2D eigenvalue weighted by Gasteiger charge is 2.48. The Kier molecular flexibility index (Phi) is 4.64. The molecule has 0 aromatic carbocycles. The van der Waals surface area contributed by atoms with Crippen LogP contribution in [-0.2, 0) is 10.0 Å². The van der Waals surface area contributed by atoms with Crippen LogP contribution in [0.4, 0.5) is 13.2 Å². The first-order valence-corrected chi connectivity index (χ1v) is 5.66. The molecule has 0 aliphatic heterocycles. The average molecular weight is 306 g/mol. The number of rotatable bonds is 3. The Bertz CT molecular complexity index is 402. The fourth-order valence-electron chi connectivity index (χ4n) is 0.561. The van der Waals surface area contributed by atoms with Crippen molar-refractivity contribution in [2.45, 2.75) is 12.4 Å². The summed E-state index contributed by atoms with van der Waals surface area (Å²) in [6, 6.07) is 0. The average Bonchev–Trinajstić information content (AvgIpc) is 2.00. The van der Waals surface area contributed by atoms with Gasteiger partial charge in [0.2, 0.25) is 0 Å². The number of hydrogen-bond acceptors (Lipinski definition) is 2. The van der Waals surface area contributed by atoms with Crippen molar-refractivity contribution in [3.05, 3.63) is 29.2 Å². The molecule has 0 radical (unpaired) electrons. The maximum absolute atomic E-state index is 12.1. The Labute approximate surface area is 93.7 Å². The van der Waals surface area contributed by atoms with Crippen LogP contribution in [0.3, 0.4) is 0 Å². The summed E-state index contributed by atoms with van der Waals surface area (Å²) in [5.41, 5.74) is -3.40. The first-order chi connectivity index (χ1) is 6.63. The summed E-state index contributed by atoms with van der Waals surface area (Å²) < 4.78 is 58.4. The van der Waals surface area contributed by atoms with E-state index in [1.54, 1.807) is 0 Å². The Balaban J connectivity index is 5.48. The van der Waals surface area contributed by atoms with Crippen LogP contribution < -0.4 is 0 Å². The van der Waals surface area contributed by atoms with Gasteiger partial charge in [-0.05, 0) is 6.92 Å². The van der Waals surface area contributed by atoms with Crippen LogP contribution in [0, 0.1) is 0 Å². The van der Waals surface area contributed by atoms with Crippen LogP contribution in [0.5, 0.6) is 0 Å². The van der Waals surface area contributed by atoms with Gasteiger partial charge in [-0.25, -0.2) is 4.31 Å². The maximum atomic E-state index is 12.1. The van der Waals surface area contributed by atoms with E-state index in [1.165, 1.54) is 6.92 Å². The molecule has 86 valence electrons. The molecule has 0 aliphatic rings. The zero-order valence-electron chi connectivity index (χ0n) is 7.55. The summed E-state index contributed by atoms with van der Waals surface area (Å²) in [5.74, 6) is 0. The number of halogens is 4. The summed E-state index contributed by atoms with van der Waals surface area (Å²) in [4.78, 5) is 0. The molecule has 0 aromatic heterocycles. The molecule has 0 heterocycles. The number of hydrogen-bond donors (Lipinski definition) is 0. The van der Waals surface area contributed by atoms with Gasteiger partial charge in [-0.1, -0.05) is 22.5 Å². The molecule has 0 amide bonds. The third kappa shape index (κ3) is 3.73. The molecule has 0 aromatic rings. The van der Waals surface area contributed by atoms with Gasteiger partial charge in [0.1, 0.15) is 0 Å². The normalized spacial score (nSPS) is 13.3. The van der Waals surface area contributed by atoms with E-state index in [4.69, 9.17) is 0 Å². The van der Waals surface area contributed by atoms with Crippen molar-refractivity contribution in [2.24, 2.45) is 0 Å². The number of allylic oxidation sites excluding steroid dienone is 1. The second kappa shape index (κ2) is 4.87. The van der Waals surface area contributed by atoms with Crippen molar-refractivity contribution in [1.82, 2.24) is 4.31 Å². The van der Waals surface area contributed by atoms with Gasteiger partial charge < -0.3 is 0 Å². The van der Waals surface area contributed by atoms with Crippen LogP contribution in [-0.4, -0.2) is 18.2 Å². The highest BCUT2D eigenvalue weighted by Crippen LogP contribution is 2.28. The van der Waals surface area contributed by atoms with Gasteiger partial charge in [0, 0.05) is 10.7 Å². The smallest absolute Gasteiger partial charge is 0.237 e. The number of sulfonamides is 1. The Morgan fingerprint density at radius 2 is 2.00 bits per heavy atom. The minimum absolute atomic E-state index is 0.00984. The third-order valence-corrected chi connectivity index (χ3v) is 2.65. The van der Waals surface area contributed by atoms with E-state index in [2.05, 4.69) is 22.5 Å². The van der Waals surface area contributed by atoms with Gasteiger partial charge in [0.05, 0.1) is 6.20 Å². The lowest BCUT2D eigenvalue weighted by Gasteiger charge is -2.17. The Hall–Kier alpha value is -0.720. The lowest BCUT2D eigenvalue weighted by atomic mass is 10.7. The van der Waals surface area contributed by atoms with E-state index in [0.717, 1.165) is 6.20 Å². The van der Waals surface area contributed by atoms with Crippen LogP contribution in [0.25, 0.3) is 0 Å². The van der Waals surface area contributed by atoms with Gasteiger partial charge in [-0.3, -0.25) is 0 Å². The van der Waals surface area contributed by atoms with Crippen molar-refractivity contribution >= 4 is 26.0 Å². The largest absolute Gasteiger partial charge is 0.517 e. The predicted octanol–water partition coefficient (Wildman–Crippen LogP) is 2.69. The molecule has 0 saturated carbocycles. The summed E-state index contributed by atoms with van der Waals surface area (Å²) in [5, 5.41) is 0. The van der Waals surface area contributed by atoms with Crippen LogP contribution in [0.2, 0.25) is 0 Å². The van der Waals surface area contributed by atoms with Gasteiger partial charge in [0.15, 0.2) is 0 Å². The van der Waals surface area contributed by atoms with E-state index in [1.807, 2.05) is 5.73 Å². The molecule has 0 N–H and O–H groups in total. The first kappa shape index (κ1) is 14.3. The molecule has 0 fully saturated rings. The predicted molar refractivity (Wildman–Crippen MR) is 53.2 cm³/mol. The van der Waals surface area contributed by atoms with E-state index >= 15 is 0 Å². The molecular weight excluding hydrogens is 299 g/mol. The lowest BCUT2D eigenvalue weighted by Crippen LogP contribution is -2.34. The lowest BCUT2D eigenvalue weighted by molar-refractivity contribution is -0.0468. The molecule has 0 saturated heterocycles. The number of nitrogens with zero attached hydrogens (tertiary/aromatic N) is 1. The Morgan fingerprint density at radius 1 is 1.53 bits per heavy atom. The fourth-order valence-corrected chi connectivity index (χ4v) is 1.67. The zero-order chi connectivity index (χ0) is 12.3. The van der Waals surface area contributed by atoms with Crippen molar-refractivity contribution in [3.8, 4) is 0 Å². The van der Waals surface area contributed by atoms with E-state index in [0.29, 0.717) is 6.20 Å². The standard InChI is InChI=1S/C7H7BrF3NO2S/c1-3-4-12(5-6(2)8)15(13,14)7(9,10)11/h4-5H,1H2,2H3. The second-order valence-corrected chi connectivity index (χ2v) is 5.42. The summed E-state index contributed by atoms with van der Waals surface area (Å²) >= 11 is 2.82. The molecule has 8 heteroatoms. The third-order valence-electron chi connectivity index (χ3n) is 1.09. The van der Waals surface area contributed by atoms with Crippen LogP contribution in [0.15, 0.2) is 29.2 Å². The van der Waals surface area contributed by atoms with E-state index < -0.39 is 15.5 Å². The van der Waals surface area contributed by atoms with Crippen molar-refractivity contribution < 1.29 is 21.6 Å². The molecular formula is C7H7BrF3NO2S. The second-order valence-electron chi connectivity index (χ2n) is 2.33. The minimum atomic E-state index is -5.43. The first-order valence-electron chi connectivity index (χ1n) is 3.42. The topological polar surface area (TPSA) is 37.4 Å². The van der Waals surface area contributed by atoms with Gasteiger partial charge in [-0.2, -0.15) is 21.6 Å². The van der Waals surface area contributed by atoms with Crippen molar-refractivity contribution in [2.75, 3.05) is 0 Å². The molecule has 15 heavy (non-hydrogen) atoms. The SMILES string of the molecule is C=C=CN(C=C(C)Br)S(=O)(=O)C(F)(F)F. The fraction of sp³-hybridized carbons (Fsp3) is 0.286. The summed E-state index contributed by atoms with van der Waals surface area (Å²) in [6.07, 6.45) is 1.33. The highest BCUT2D eigenvalue weighted by molar-refractivity contribution is 9.11. The molecule has 0 bridgehead atoms. The summed E-state index contributed by atoms with van der Waals surface area (Å²) in [6.45, 7) is 4.39. The summed E-state index contributed by atoms with van der Waals surface area (Å²) in [7, 11) is -5.43. The Morgan fingerprint density at radius 3 is 2.27 bits per heavy atom.